The van der Waals surface area contributed by atoms with Crippen molar-refractivity contribution in [3.8, 4) is 0 Å². The zero-order valence-corrected chi connectivity index (χ0v) is 14.8. The maximum atomic E-state index is 12.6. The molecule has 7 heteroatoms. The van der Waals surface area contributed by atoms with Crippen LogP contribution in [0.5, 0.6) is 0 Å². The van der Waals surface area contributed by atoms with E-state index in [-0.39, 0.29) is 10.9 Å². The van der Waals surface area contributed by atoms with E-state index in [9.17, 15) is 8.42 Å². The van der Waals surface area contributed by atoms with E-state index in [4.69, 9.17) is 0 Å². The van der Waals surface area contributed by atoms with E-state index in [1.807, 2.05) is 0 Å². The highest BCUT2D eigenvalue weighted by Crippen LogP contribution is 2.20. The third-order valence-corrected chi connectivity index (χ3v) is 5.92. The monoisotopic (exact) mass is 328 g/mol. The van der Waals surface area contributed by atoms with Gasteiger partial charge in [-0.15, -0.1) is 0 Å². The molecule has 0 aromatic carbocycles. The molecule has 1 aromatic rings. The molecule has 0 amide bonds. The molecule has 1 fully saturated rings. The summed E-state index contributed by atoms with van der Waals surface area (Å²) in [5.74, 6) is 0.549. The maximum absolute atomic E-state index is 12.6. The fraction of sp³-hybridized carbons (Fsp3) is 0.800. The molecule has 126 valence electrons. The van der Waals surface area contributed by atoms with Crippen LogP contribution in [-0.2, 0) is 10.0 Å². The topological polar surface area (TPSA) is 78.1 Å². The molecule has 6 nitrogen and oxygen atoms in total. The molecule has 1 aliphatic rings. The zero-order valence-electron chi connectivity index (χ0n) is 14.0. The highest BCUT2D eigenvalue weighted by Gasteiger charge is 2.27. The number of nitrogens with one attached hydrogen (secondary N) is 2. The molecule has 1 saturated heterocycles. The Hall–Kier alpha value is -0.920. The van der Waals surface area contributed by atoms with Gasteiger partial charge in [-0.3, -0.25) is 10.00 Å². The molecule has 22 heavy (non-hydrogen) atoms. The van der Waals surface area contributed by atoms with Gasteiger partial charge in [0, 0.05) is 12.6 Å². The number of hydrogen-bond acceptors (Lipinski definition) is 4. The lowest BCUT2D eigenvalue weighted by molar-refractivity contribution is 0.214. The van der Waals surface area contributed by atoms with E-state index in [1.54, 1.807) is 13.8 Å². The Kier molecular flexibility index (Phi) is 5.63. The van der Waals surface area contributed by atoms with Gasteiger partial charge in [0.05, 0.1) is 11.4 Å². The molecule has 0 aliphatic carbocycles. The van der Waals surface area contributed by atoms with E-state index in [0.717, 1.165) is 19.5 Å². The summed E-state index contributed by atoms with van der Waals surface area (Å²) >= 11 is 0. The number of nitrogens with zero attached hydrogens (tertiary/aromatic N) is 2. The van der Waals surface area contributed by atoms with E-state index >= 15 is 0 Å². The van der Waals surface area contributed by atoms with Crippen molar-refractivity contribution in [1.29, 1.82) is 0 Å². The van der Waals surface area contributed by atoms with Crippen LogP contribution in [0.2, 0.25) is 0 Å². The highest BCUT2D eigenvalue weighted by molar-refractivity contribution is 7.89. The van der Waals surface area contributed by atoms with Gasteiger partial charge in [0.25, 0.3) is 0 Å². The first-order valence-corrected chi connectivity index (χ1v) is 9.55. The van der Waals surface area contributed by atoms with Gasteiger partial charge >= 0.3 is 0 Å². The summed E-state index contributed by atoms with van der Waals surface area (Å²) in [4.78, 5) is 2.70. The van der Waals surface area contributed by atoms with Gasteiger partial charge in [-0.1, -0.05) is 13.8 Å². The molecule has 2 N–H and O–H groups in total. The van der Waals surface area contributed by atoms with E-state index < -0.39 is 10.0 Å². The zero-order chi connectivity index (χ0) is 16.3. The standard InChI is InChI=1S/C15H28N4O2S/c1-11(2)9-14(19-7-5-6-8-19)10-16-22(20,21)15-12(3)17-18-13(15)4/h11,14,16H,5-10H2,1-4H3,(H,17,18). The number of aromatic nitrogens is 2. The van der Waals surface area contributed by atoms with Gasteiger partial charge in [-0.2, -0.15) is 5.10 Å². The second-order valence-electron chi connectivity index (χ2n) is 6.64. The fourth-order valence-electron chi connectivity index (χ4n) is 3.23. The number of likely N-dealkylation sites (tertiary alicyclic amines) is 1. The number of rotatable bonds is 7. The Bertz CT molecular complexity index is 569. The van der Waals surface area contributed by atoms with Crippen molar-refractivity contribution < 1.29 is 8.42 Å². The first-order valence-electron chi connectivity index (χ1n) is 8.06. The molecule has 0 radical (unpaired) electrons. The number of sulfonamides is 1. The predicted molar refractivity (Wildman–Crippen MR) is 87.3 cm³/mol. The van der Waals surface area contributed by atoms with E-state index in [0.29, 0.717) is 23.9 Å². The predicted octanol–water partition coefficient (Wildman–Crippen LogP) is 1.82. The van der Waals surface area contributed by atoms with Gasteiger partial charge in [-0.25, -0.2) is 13.1 Å². The summed E-state index contributed by atoms with van der Waals surface area (Å²) in [6.07, 6.45) is 3.43. The molecular weight excluding hydrogens is 300 g/mol. The highest BCUT2D eigenvalue weighted by atomic mass is 32.2. The summed E-state index contributed by atoms with van der Waals surface area (Å²) in [5, 5.41) is 6.72. The Morgan fingerprint density at radius 2 is 1.91 bits per heavy atom. The quantitative estimate of drug-likeness (QED) is 0.800. The van der Waals surface area contributed by atoms with Gasteiger partial charge < -0.3 is 0 Å². The molecule has 1 aliphatic heterocycles. The molecule has 1 aromatic heterocycles. The van der Waals surface area contributed by atoms with Crippen LogP contribution in [-0.4, -0.2) is 49.2 Å². The van der Waals surface area contributed by atoms with Gasteiger partial charge in [-0.05, 0) is 52.1 Å². The largest absolute Gasteiger partial charge is 0.299 e. The minimum absolute atomic E-state index is 0.268. The van der Waals surface area contributed by atoms with Crippen molar-refractivity contribution in [1.82, 2.24) is 19.8 Å². The van der Waals surface area contributed by atoms with Crippen molar-refractivity contribution >= 4 is 10.0 Å². The third kappa shape index (κ3) is 4.08. The van der Waals surface area contributed by atoms with Crippen LogP contribution in [0.4, 0.5) is 0 Å². The molecule has 2 rings (SSSR count). The first-order chi connectivity index (χ1) is 10.3. The SMILES string of the molecule is Cc1n[nH]c(C)c1S(=O)(=O)NCC(CC(C)C)N1CCCC1. The lowest BCUT2D eigenvalue weighted by Crippen LogP contribution is -2.43. The Labute approximate surface area is 133 Å². The van der Waals surface area contributed by atoms with Gasteiger partial charge in [0.1, 0.15) is 4.90 Å². The Morgan fingerprint density at radius 3 is 2.41 bits per heavy atom. The lowest BCUT2D eigenvalue weighted by Gasteiger charge is -2.29. The summed E-state index contributed by atoms with van der Waals surface area (Å²) in [6.45, 7) is 10.4. The minimum atomic E-state index is -3.51. The number of H-pyrrole nitrogens is 1. The van der Waals surface area contributed by atoms with E-state index in [2.05, 4.69) is 33.7 Å². The average molecular weight is 328 g/mol. The lowest BCUT2D eigenvalue weighted by atomic mass is 10.0. The van der Waals surface area contributed by atoms with Crippen LogP contribution in [0.3, 0.4) is 0 Å². The second-order valence-corrected chi connectivity index (χ2v) is 8.35. The summed E-state index contributed by atoms with van der Waals surface area (Å²) in [6, 6.07) is 0.268. The molecule has 0 saturated carbocycles. The second kappa shape index (κ2) is 7.10. The van der Waals surface area contributed by atoms with Crippen LogP contribution in [0.1, 0.15) is 44.5 Å². The first kappa shape index (κ1) is 17.4. The smallest absolute Gasteiger partial charge is 0.244 e. The normalized spacial score (nSPS) is 18.2. The Morgan fingerprint density at radius 1 is 1.27 bits per heavy atom. The number of aromatic amines is 1. The van der Waals surface area contributed by atoms with Gasteiger partial charge in [0.15, 0.2) is 0 Å². The Balaban J connectivity index is 2.07. The van der Waals surface area contributed by atoms with Crippen molar-refractivity contribution in [3.63, 3.8) is 0 Å². The van der Waals surface area contributed by atoms with Gasteiger partial charge in [0.2, 0.25) is 10.0 Å². The maximum Gasteiger partial charge on any atom is 0.244 e. The summed E-state index contributed by atoms with van der Waals surface area (Å²) in [7, 11) is -3.51. The average Bonchev–Trinajstić information content (AvgIpc) is 3.04. The van der Waals surface area contributed by atoms with Crippen LogP contribution >= 0.6 is 0 Å². The fourth-order valence-corrected chi connectivity index (χ4v) is 4.67. The third-order valence-electron chi connectivity index (χ3n) is 4.24. The van der Waals surface area contributed by atoms with Crippen molar-refractivity contribution in [2.24, 2.45) is 5.92 Å². The van der Waals surface area contributed by atoms with Crippen molar-refractivity contribution in [3.05, 3.63) is 11.4 Å². The molecule has 1 unspecified atom stereocenters. The number of aryl methyl sites for hydroxylation is 2. The minimum Gasteiger partial charge on any atom is -0.299 e. The van der Waals surface area contributed by atoms with Crippen LogP contribution in [0, 0.1) is 19.8 Å². The molecule has 1 atom stereocenters. The molecule has 0 spiro atoms. The molecule has 0 bridgehead atoms. The van der Waals surface area contributed by atoms with Crippen LogP contribution in [0.25, 0.3) is 0 Å². The van der Waals surface area contributed by atoms with Crippen molar-refractivity contribution in [2.45, 2.75) is 57.9 Å². The molecular formula is C15H28N4O2S. The summed E-state index contributed by atoms with van der Waals surface area (Å²) in [5.41, 5.74) is 1.11. The number of hydrogen-bond donors (Lipinski definition) is 2. The van der Waals surface area contributed by atoms with Crippen molar-refractivity contribution in [2.75, 3.05) is 19.6 Å². The van der Waals surface area contributed by atoms with Crippen LogP contribution in [0.15, 0.2) is 4.90 Å². The summed E-state index contributed by atoms with van der Waals surface area (Å²) < 4.78 is 27.9. The molecule has 2 heterocycles. The van der Waals surface area contributed by atoms with E-state index in [1.165, 1.54) is 12.8 Å². The van der Waals surface area contributed by atoms with Crippen LogP contribution < -0.4 is 4.72 Å².